The third-order valence-corrected chi connectivity index (χ3v) is 4.44. The molecule has 0 spiro atoms. The van der Waals surface area contributed by atoms with Crippen molar-refractivity contribution in [3.05, 3.63) is 63.7 Å². The molecular formula is C16H11F5N2O3S. The summed E-state index contributed by atoms with van der Waals surface area (Å²) in [6.45, 7) is 1.36. The third kappa shape index (κ3) is 5.16. The molecule has 2 aromatic rings. The molecule has 0 unspecified atom stereocenters. The first-order chi connectivity index (χ1) is 12.5. The SMILES string of the molecule is C[C@@H](Sc1ccc(F)c(F)c1)C(=O)Nc1ccc([N+](=O)[O-])cc1C(F)(F)F. The Kier molecular flexibility index (Phi) is 6.04. The van der Waals surface area contributed by atoms with Gasteiger partial charge < -0.3 is 5.32 Å². The van der Waals surface area contributed by atoms with Crippen LogP contribution >= 0.6 is 11.8 Å². The molecule has 1 amide bonds. The van der Waals surface area contributed by atoms with E-state index in [1.165, 1.54) is 13.0 Å². The number of amides is 1. The molecule has 0 aliphatic heterocycles. The standard InChI is InChI=1S/C16H11F5N2O3S/c1-8(27-10-3-4-12(17)13(18)7-10)15(24)22-14-5-2-9(23(25)26)6-11(14)16(19,20)21/h2-8H,1H3,(H,22,24)/t8-/m1/s1. The lowest BCUT2D eigenvalue weighted by Crippen LogP contribution is -2.24. The Labute approximate surface area is 153 Å². The molecule has 0 aromatic heterocycles. The summed E-state index contributed by atoms with van der Waals surface area (Å²) in [5.74, 6) is -3.04. The van der Waals surface area contributed by atoms with Crippen molar-refractivity contribution in [3.63, 3.8) is 0 Å². The number of nitro groups is 1. The number of nitrogens with one attached hydrogen (secondary N) is 1. The minimum atomic E-state index is -4.93. The number of hydrogen-bond donors (Lipinski definition) is 1. The van der Waals surface area contributed by atoms with E-state index in [9.17, 15) is 36.9 Å². The Morgan fingerprint density at radius 2 is 1.81 bits per heavy atom. The number of rotatable bonds is 5. The van der Waals surface area contributed by atoms with Crippen LogP contribution in [0.2, 0.25) is 0 Å². The molecule has 0 radical (unpaired) electrons. The van der Waals surface area contributed by atoms with Gasteiger partial charge in [-0.05, 0) is 31.2 Å². The second-order valence-electron chi connectivity index (χ2n) is 5.31. The second-order valence-corrected chi connectivity index (χ2v) is 6.72. The predicted molar refractivity (Wildman–Crippen MR) is 88.4 cm³/mol. The molecule has 5 nitrogen and oxygen atoms in total. The van der Waals surface area contributed by atoms with Crippen molar-refractivity contribution in [1.82, 2.24) is 0 Å². The van der Waals surface area contributed by atoms with Gasteiger partial charge in [0.2, 0.25) is 5.91 Å². The van der Waals surface area contributed by atoms with Gasteiger partial charge in [-0.2, -0.15) is 13.2 Å². The first-order valence-electron chi connectivity index (χ1n) is 7.27. The van der Waals surface area contributed by atoms with E-state index in [2.05, 4.69) is 5.32 Å². The average Bonchev–Trinajstić information content (AvgIpc) is 2.57. The fourth-order valence-electron chi connectivity index (χ4n) is 2.03. The molecule has 0 heterocycles. The number of benzene rings is 2. The number of carbonyl (C=O) groups excluding carboxylic acids is 1. The number of non-ortho nitro benzene ring substituents is 1. The zero-order valence-corrected chi connectivity index (χ0v) is 14.3. The molecule has 0 aliphatic rings. The van der Waals surface area contributed by atoms with Gasteiger partial charge in [0.25, 0.3) is 5.69 Å². The van der Waals surface area contributed by atoms with Crippen molar-refractivity contribution in [1.29, 1.82) is 0 Å². The van der Waals surface area contributed by atoms with Gasteiger partial charge in [-0.1, -0.05) is 0 Å². The second kappa shape index (κ2) is 7.91. The van der Waals surface area contributed by atoms with E-state index in [1.807, 2.05) is 0 Å². The summed E-state index contributed by atoms with van der Waals surface area (Å²) in [5.41, 5.74) is -2.78. The van der Waals surface area contributed by atoms with Crippen LogP contribution in [0.1, 0.15) is 12.5 Å². The molecule has 0 aliphatic carbocycles. The van der Waals surface area contributed by atoms with Crippen LogP contribution in [0.15, 0.2) is 41.3 Å². The van der Waals surface area contributed by atoms with Gasteiger partial charge in [0.1, 0.15) is 0 Å². The normalized spacial score (nSPS) is 12.5. The molecule has 0 fully saturated rings. The van der Waals surface area contributed by atoms with Gasteiger partial charge in [0.05, 0.1) is 21.4 Å². The summed E-state index contributed by atoms with van der Waals surface area (Å²) in [4.78, 5) is 22.1. The van der Waals surface area contributed by atoms with Crippen LogP contribution in [0.25, 0.3) is 0 Å². The smallest absolute Gasteiger partial charge is 0.325 e. The molecule has 144 valence electrons. The van der Waals surface area contributed by atoms with Gasteiger partial charge in [-0.25, -0.2) is 8.78 Å². The molecule has 0 saturated heterocycles. The molecule has 11 heteroatoms. The van der Waals surface area contributed by atoms with Crippen LogP contribution < -0.4 is 5.32 Å². The van der Waals surface area contributed by atoms with Crippen LogP contribution in [0.5, 0.6) is 0 Å². The lowest BCUT2D eigenvalue weighted by Gasteiger charge is -2.16. The van der Waals surface area contributed by atoms with E-state index in [0.717, 1.165) is 36.0 Å². The molecule has 27 heavy (non-hydrogen) atoms. The van der Waals surface area contributed by atoms with Gasteiger partial charge in [-0.15, -0.1) is 11.8 Å². The first kappa shape index (κ1) is 20.6. The minimum Gasteiger partial charge on any atom is -0.325 e. The number of alkyl halides is 3. The zero-order chi connectivity index (χ0) is 20.4. The van der Waals surface area contributed by atoms with Crippen molar-refractivity contribution in [2.45, 2.75) is 23.2 Å². The highest BCUT2D eigenvalue weighted by molar-refractivity contribution is 8.00. The Morgan fingerprint density at radius 1 is 1.15 bits per heavy atom. The maximum Gasteiger partial charge on any atom is 0.418 e. The molecular weight excluding hydrogens is 395 g/mol. The highest BCUT2D eigenvalue weighted by Crippen LogP contribution is 2.37. The van der Waals surface area contributed by atoms with Crippen molar-refractivity contribution >= 4 is 29.0 Å². The highest BCUT2D eigenvalue weighted by Gasteiger charge is 2.36. The molecule has 2 rings (SSSR count). The lowest BCUT2D eigenvalue weighted by atomic mass is 10.1. The number of nitro benzene ring substituents is 1. The lowest BCUT2D eigenvalue weighted by molar-refractivity contribution is -0.385. The third-order valence-electron chi connectivity index (χ3n) is 3.35. The Hall–Kier alpha value is -2.69. The maximum atomic E-state index is 13.2. The van der Waals surface area contributed by atoms with Crippen molar-refractivity contribution in [2.75, 3.05) is 5.32 Å². The Bertz CT molecular complexity index is 889. The highest BCUT2D eigenvalue weighted by atomic mass is 32.2. The van der Waals surface area contributed by atoms with Gasteiger partial charge >= 0.3 is 6.18 Å². The molecule has 0 bridgehead atoms. The summed E-state index contributed by atoms with van der Waals surface area (Å²) >= 11 is 0.807. The molecule has 1 N–H and O–H groups in total. The Morgan fingerprint density at radius 3 is 2.37 bits per heavy atom. The Balaban J connectivity index is 2.21. The molecule has 1 atom stereocenters. The van der Waals surface area contributed by atoms with Crippen molar-refractivity contribution in [2.24, 2.45) is 0 Å². The fraction of sp³-hybridized carbons (Fsp3) is 0.188. The number of carbonyl (C=O) groups is 1. The zero-order valence-electron chi connectivity index (χ0n) is 13.5. The van der Waals surface area contributed by atoms with Gasteiger partial charge in [0.15, 0.2) is 11.6 Å². The maximum absolute atomic E-state index is 13.2. The minimum absolute atomic E-state index is 0.205. The monoisotopic (exact) mass is 406 g/mol. The summed E-state index contributed by atoms with van der Waals surface area (Å²) in [6.07, 6.45) is -4.93. The molecule has 2 aromatic carbocycles. The number of hydrogen-bond acceptors (Lipinski definition) is 4. The van der Waals surface area contributed by atoms with Crippen LogP contribution in [0, 0.1) is 21.7 Å². The fourth-order valence-corrected chi connectivity index (χ4v) is 2.92. The number of halogens is 5. The first-order valence-corrected chi connectivity index (χ1v) is 8.15. The van der Waals surface area contributed by atoms with Crippen LogP contribution in [0.4, 0.5) is 33.3 Å². The van der Waals surface area contributed by atoms with Crippen LogP contribution in [0.3, 0.4) is 0 Å². The van der Waals surface area contributed by atoms with Crippen LogP contribution in [-0.2, 0) is 11.0 Å². The van der Waals surface area contributed by atoms with Gasteiger partial charge in [0, 0.05) is 17.0 Å². The predicted octanol–water partition coefficient (Wildman–Crippen LogP) is 5.01. The van der Waals surface area contributed by atoms with E-state index < -0.39 is 50.8 Å². The van der Waals surface area contributed by atoms with Crippen molar-refractivity contribution in [3.8, 4) is 0 Å². The van der Waals surface area contributed by atoms with Crippen LogP contribution in [-0.4, -0.2) is 16.1 Å². The largest absolute Gasteiger partial charge is 0.418 e. The number of thioether (sulfide) groups is 1. The van der Waals surface area contributed by atoms with Gasteiger partial charge in [-0.3, -0.25) is 14.9 Å². The van der Waals surface area contributed by atoms with E-state index in [4.69, 9.17) is 0 Å². The van der Waals surface area contributed by atoms with E-state index >= 15 is 0 Å². The number of anilines is 1. The quantitative estimate of drug-likeness (QED) is 0.328. The summed E-state index contributed by atoms with van der Waals surface area (Å²) in [5, 5.41) is 11.8. The molecule has 0 saturated carbocycles. The summed E-state index contributed by atoms with van der Waals surface area (Å²) in [7, 11) is 0. The van der Waals surface area contributed by atoms with E-state index in [1.54, 1.807) is 0 Å². The van der Waals surface area contributed by atoms with E-state index in [-0.39, 0.29) is 4.90 Å². The van der Waals surface area contributed by atoms with Crippen molar-refractivity contribution < 1.29 is 31.7 Å². The summed E-state index contributed by atoms with van der Waals surface area (Å²) in [6, 6.07) is 4.88. The average molecular weight is 406 g/mol. The number of nitrogens with zero attached hydrogens (tertiary/aromatic N) is 1. The van der Waals surface area contributed by atoms with E-state index in [0.29, 0.717) is 6.07 Å². The summed E-state index contributed by atoms with van der Waals surface area (Å²) < 4.78 is 65.5. The topological polar surface area (TPSA) is 72.2 Å².